The first-order valence-corrected chi connectivity index (χ1v) is 7.73. The van der Waals surface area contributed by atoms with Crippen molar-refractivity contribution in [2.45, 2.75) is 25.3 Å². The van der Waals surface area contributed by atoms with E-state index < -0.39 is 5.97 Å². The molecule has 0 atom stereocenters. The minimum Gasteiger partial charge on any atom is -0.494 e. The number of esters is 1. The van der Waals surface area contributed by atoms with Crippen molar-refractivity contribution in [3.05, 3.63) is 23.5 Å². The van der Waals surface area contributed by atoms with Gasteiger partial charge in [0.25, 0.3) is 0 Å². The Kier molecular flexibility index (Phi) is 3.90. The molecule has 1 aromatic carbocycles. The molecule has 0 aliphatic heterocycles. The number of nitriles is 1. The Morgan fingerprint density at radius 3 is 2.74 bits per heavy atom. The molecule has 0 N–H and O–H groups in total. The van der Waals surface area contributed by atoms with E-state index in [0.717, 1.165) is 18.4 Å². The molecule has 1 heterocycles. The first kappa shape index (κ1) is 15.6. The number of nitrogens with zero attached hydrogens (tertiary/aromatic N) is 3. The average molecular weight is 334 g/mol. The van der Waals surface area contributed by atoms with Gasteiger partial charge in [-0.25, -0.2) is 9.78 Å². The molecule has 7 heteroatoms. The number of hydrogen-bond acceptors (Lipinski definition) is 5. The maximum absolute atomic E-state index is 11.9. The molecule has 1 saturated carbocycles. The minimum absolute atomic E-state index is 0.215. The standard InChI is InChI=1S/C16H16ClN3O3/c1-22-12-6-10(15(21)23-2)5-11-14(12)19-13(7-17)20(11)9-16(8-18)3-4-16/h5-6H,3-4,7,9H2,1-2H3. The van der Waals surface area contributed by atoms with E-state index in [-0.39, 0.29) is 11.3 Å². The third-order valence-corrected chi connectivity index (χ3v) is 4.45. The van der Waals surface area contributed by atoms with Crippen molar-refractivity contribution in [1.82, 2.24) is 9.55 Å². The third-order valence-electron chi connectivity index (χ3n) is 4.21. The van der Waals surface area contributed by atoms with Crippen LogP contribution in [-0.4, -0.2) is 29.7 Å². The van der Waals surface area contributed by atoms with Crippen LogP contribution in [0, 0.1) is 16.7 Å². The summed E-state index contributed by atoms with van der Waals surface area (Å²) in [4.78, 5) is 16.4. The first-order chi connectivity index (χ1) is 11.1. The van der Waals surface area contributed by atoms with Crippen LogP contribution in [0.3, 0.4) is 0 Å². The van der Waals surface area contributed by atoms with Crippen LogP contribution in [0.5, 0.6) is 5.75 Å². The fourth-order valence-electron chi connectivity index (χ4n) is 2.67. The lowest BCUT2D eigenvalue weighted by molar-refractivity contribution is 0.0600. The number of aromatic nitrogens is 2. The number of fused-ring (bicyclic) bond motifs is 1. The Hall–Kier alpha value is -2.26. The molecule has 6 nitrogen and oxygen atoms in total. The van der Waals surface area contributed by atoms with Crippen LogP contribution >= 0.6 is 11.6 Å². The first-order valence-electron chi connectivity index (χ1n) is 7.20. The highest BCUT2D eigenvalue weighted by molar-refractivity contribution is 6.17. The number of halogens is 1. The van der Waals surface area contributed by atoms with E-state index in [0.29, 0.717) is 29.2 Å². The second-order valence-corrected chi connectivity index (χ2v) is 5.95. The van der Waals surface area contributed by atoms with Gasteiger partial charge in [-0.15, -0.1) is 11.6 Å². The van der Waals surface area contributed by atoms with Gasteiger partial charge in [-0.1, -0.05) is 0 Å². The molecular formula is C16H16ClN3O3. The van der Waals surface area contributed by atoms with Crippen molar-refractivity contribution in [2.75, 3.05) is 14.2 Å². The molecule has 1 aliphatic carbocycles. The third kappa shape index (κ3) is 2.62. The topological polar surface area (TPSA) is 77.1 Å². The van der Waals surface area contributed by atoms with Gasteiger partial charge in [-0.3, -0.25) is 0 Å². The van der Waals surface area contributed by atoms with E-state index in [2.05, 4.69) is 11.1 Å². The molecule has 23 heavy (non-hydrogen) atoms. The smallest absolute Gasteiger partial charge is 0.338 e. The fraction of sp³-hybridized carbons (Fsp3) is 0.438. The molecule has 0 saturated heterocycles. The van der Waals surface area contributed by atoms with Crippen LogP contribution in [-0.2, 0) is 17.2 Å². The monoisotopic (exact) mass is 333 g/mol. The predicted octanol–water partition coefficient (Wildman–Crippen LogP) is 2.87. The van der Waals surface area contributed by atoms with Gasteiger partial charge < -0.3 is 14.0 Å². The van der Waals surface area contributed by atoms with Crippen LogP contribution in [0.2, 0.25) is 0 Å². The zero-order chi connectivity index (χ0) is 16.6. The van der Waals surface area contributed by atoms with Crippen LogP contribution in [0.1, 0.15) is 29.0 Å². The lowest BCUT2D eigenvalue weighted by Crippen LogP contribution is -2.12. The summed E-state index contributed by atoms with van der Waals surface area (Å²) in [7, 11) is 2.85. The highest BCUT2D eigenvalue weighted by Gasteiger charge is 2.44. The number of carbonyl (C=O) groups is 1. The van der Waals surface area contributed by atoms with Crippen molar-refractivity contribution in [3.8, 4) is 11.8 Å². The highest BCUT2D eigenvalue weighted by atomic mass is 35.5. The Morgan fingerprint density at radius 1 is 1.48 bits per heavy atom. The Bertz CT molecular complexity index is 818. The number of rotatable bonds is 5. The molecule has 0 radical (unpaired) electrons. The molecule has 1 aromatic heterocycles. The van der Waals surface area contributed by atoms with Crippen molar-refractivity contribution >= 4 is 28.6 Å². The maximum atomic E-state index is 11.9. The van der Waals surface area contributed by atoms with Gasteiger partial charge in [0.1, 0.15) is 17.1 Å². The quantitative estimate of drug-likeness (QED) is 0.621. The fourth-order valence-corrected chi connectivity index (χ4v) is 2.87. The number of ether oxygens (including phenoxy) is 2. The Labute approximate surface area is 138 Å². The minimum atomic E-state index is -0.452. The number of alkyl halides is 1. The van der Waals surface area contributed by atoms with Gasteiger partial charge in [-0.05, 0) is 25.0 Å². The molecule has 0 unspecified atom stereocenters. The summed E-state index contributed by atoms with van der Waals surface area (Å²) in [6, 6.07) is 5.68. The maximum Gasteiger partial charge on any atom is 0.338 e. The van der Waals surface area contributed by atoms with Gasteiger partial charge >= 0.3 is 5.97 Å². The SMILES string of the molecule is COC(=O)c1cc(OC)c2nc(CCl)n(CC3(C#N)CC3)c2c1. The van der Waals surface area contributed by atoms with E-state index in [1.165, 1.54) is 14.2 Å². The second kappa shape index (κ2) is 5.74. The molecule has 0 amide bonds. The van der Waals surface area contributed by atoms with Crippen LogP contribution in [0.15, 0.2) is 12.1 Å². The summed E-state index contributed by atoms with van der Waals surface area (Å²) in [5, 5.41) is 9.36. The predicted molar refractivity (Wildman–Crippen MR) is 84.5 cm³/mol. The van der Waals surface area contributed by atoms with Gasteiger partial charge in [0.2, 0.25) is 0 Å². The summed E-state index contributed by atoms with van der Waals surface area (Å²) in [5.74, 6) is 0.900. The zero-order valence-corrected chi connectivity index (χ0v) is 13.7. The van der Waals surface area contributed by atoms with Crippen molar-refractivity contribution < 1.29 is 14.3 Å². The molecular weight excluding hydrogens is 318 g/mol. The molecule has 120 valence electrons. The van der Waals surface area contributed by atoms with E-state index in [4.69, 9.17) is 21.1 Å². The Morgan fingerprint density at radius 2 is 2.22 bits per heavy atom. The number of imidazole rings is 1. The number of methoxy groups -OCH3 is 2. The summed E-state index contributed by atoms with van der Waals surface area (Å²) < 4.78 is 12.1. The molecule has 0 bridgehead atoms. The Balaban J connectivity index is 2.20. The molecule has 0 spiro atoms. The average Bonchev–Trinajstić information content (AvgIpc) is 3.28. The van der Waals surface area contributed by atoms with E-state index in [1.807, 2.05) is 4.57 Å². The summed E-state index contributed by atoms with van der Waals surface area (Å²) in [6.07, 6.45) is 1.72. The number of carbonyl (C=O) groups excluding carboxylic acids is 1. The van der Waals surface area contributed by atoms with Gasteiger partial charge in [0, 0.05) is 6.54 Å². The lowest BCUT2D eigenvalue weighted by atomic mass is 10.1. The summed E-state index contributed by atoms with van der Waals surface area (Å²) in [6.45, 7) is 0.510. The van der Waals surface area contributed by atoms with E-state index in [1.54, 1.807) is 12.1 Å². The second-order valence-electron chi connectivity index (χ2n) is 5.68. The molecule has 1 aliphatic rings. The highest BCUT2D eigenvalue weighted by Crippen LogP contribution is 2.47. The summed E-state index contributed by atoms with van der Waals surface area (Å²) in [5.41, 5.74) is 1.37. The largest absolute Gasteiger partial charge is 0.494 e. The van der Waals surface area contributed by atoms with Gasteiger partial charge in [0.05, 0.1) is 42.7 Å². The normalized spacial score (nSPS) is 15.2. The molecule has 3 rings (SSSR count). The lowest BCUT2D eigenvalue weighted by Gasteiger charge is -2.12. The number of hydrogen-bond donors (Lipinski definition) is 0. The summed E-state index contributed by atoms with van der Waals surface area (Å²) >= 11 is 6.02. The van der Waals surface area contributed by atoms with Crippen molar-refractivity contribution in [1.29, 1.82) is 5.26 Å². The van der Waals surface area contributed by atoms with Crippen LogP contribution < -0.4 is 4.74 Å². The number of benzene rings is 1. The van der Waals surface area contributed by atoms with E-state index in [9.17, 15) is 10.1 Å². The molecule has 2 aromatic rings. The van der Waals surface area contributed by atoms with Crippen LogP contribution in [0.4, 0.5) is 0 Å². The van der Waals surface area contributed by atoms with E-state index >= 15 is 0 Å². The zero-order valence-electron chi connectivity index (χ0n) is 12.9. The van der Waals surface area contributed by atoms with Gasteiger partial charge in [-0.2, -0.15) is 5.26 Å². The van der Waals surface area contributed by atoms with Gasteiger partial charge in [0.15, 0.2) is 0 Å². The van der Waals surface area contributed by atoms with Crippen molar-refractivity contribution in [3.63, 3.8) is 0 Å². The van der Waals surface area contributed by atoms with Crippen molar-refractivity contribution in [2.24, 2.45) is 5.41 Å². The van der Waals surface area contributed by atoms with Crippen LogP contribution in [0.25, 0.3) is 11.0 Å². The molecule has 1 fully saturated rings.